The predicted molar refractivity (Wildman–Crippen MR) is 83.6 cm³/mol. The van der Waals surface area contributed by atoms with E-state index < -0.39 is 0 Å². The van der Waals surface area contributed by atoms with Gasteiger partial charge in [-0.3, -0.25) is 0 Å². The maximum absolute atomic E-state index is 3.76. The van der Waals surface area contributed by atoms with Crippen molar-refractivity contribution in [3.8, 4) is 0 Å². The van der Waals surface area contributed by atoms with E-state index in [-0.39, 0.29) is 0 Å². The second-order valence-electron chi connectivity index (χ2n) is 7.15. The summed E-state index contributed by atoms with van der Waals surface area (Å²) < 4.78 is 0. The summed E-state index contributed by atoms with van der Waals surface area (Å²) >= 11 is 0. The van der Waals surface area contributed by atoms with Crippen molar-refractivity contribution in [1.82, 2.24) is 10.2 Å². The van der Waals surface area contributed by atoms with E-state index in [0.717, 1.165) is 6.04 Å². The van der Waals surface area contributed by atoms with Gasteiger partial charge in [0, 0.05) is 6.04 Å². The fraction of sp³-hybridized carbons (Fsp3) is 1.00. The highest BCUT2D eigenvalue weighted by Crippen LogP contribution is 2.33. The van der Waals surface area contributed by atoms with Gasteiger partial charge in [0.1, 0.15) is 0 Å². The first-order chi connectivity index (χ1) is 9.22. The normalized spacial score (nSPS) is 25.6. The van der Waals surface area contributed by atoms with Crippen molar-refractivity contribution in [3.63, 3.8) is 0 Å². The third-order valence-corrected chi connectivity index (χ3v) is 5.61. The van der Waals surface area contributed by atoms with Crippen LogP contribution in [0.1, 0.15) is 71.6 Å². The molecule has 2 fully saturated rings. The fourth-order valence-electron chi connectivity index (χ4n) is 3.59. The first-order valence-electron chi connectivity index (χ1n) is 8.68. The van der Waals surface area contributed by atoms with Gasteiger partial charge in [-0.1, -0.05) is 39.5 Å². The van der Waals surface area contributed by atoms with E-state index in [1.54, 1.807) is 0 Å². The third-order valence-electron chi connectivity index (χ3n) is 5.61. The minimum Gasteiger partial charge on any atom is -0.314 e. The topological polar surface area (TPSA) is 15.3 Å². The molecule has 0 atom stereocenters. The van der Waals surface area contributed by atoms with Crippen LogP contribution in [0.15, 0.2) is 0 Å². The molecule has 0 radical (unpaired) electrons. The van der Waals surface area contributed by atoms with E-state index in [4.69, 9.17) is 0 Å². The maximum atomic E-state index is 3.76. The molecule has 1 aliphatic heterocycles. The molecule has 0 aromatic rings. The first kappa shape index (κ1) is 15.3. The Morgan fingerprint density at radius 2 is 1.79 bits per heavy atom. The number of rotatable bonds is 6. The van der Waals surface area contributed by atoms with Gasteiger partial charge in [-0.05, 0) is 63.7 Å². The first-order valence-corrected chi connectivity index (χ1v) is 8.68. The van der Waals surface area contributed by atoms with Crippen LogP contribution in [0, 0.1) is 5.41 Å². The molecule has 0 amide bonds. The highest BCUT2D eigenvalue weighted by atomic mass is 15.1. The van der Waals surface area contributed by atoms with Gasteiger partial charge in [-0.2, -0.15) is 0 Å². The van der Waals surface area contributed by atoms with Crippen LogP contribution >= 0.6 is 0 Å². The van der Waals surface area contributed by atoms with Crippen molar-refractivity contribution < 1.29 is 0 Å². The van der Waals surface area contributed by atoms with Crippen LogP contribution in [-0.2, 0) is 0 Å². The van der Waals surface area contributed by atoms with Gasteiger partial charge in [0.05, 0.1) is 0 Å². The van der Waals surface area contributed by atoms with E-state index in [1.165, 1.54) is 84.0 Å². The molecule has 1 heterocycles. The SMILES string of the molecule is CCC1(C)CCN(CCCNC2CCCCC2)CC1. The minimum atomic E-state index is 0.636. The average molecular weight is 266 g/mol. The lowest BCUT2D eigenvalue weighted by Crippen LogP contribution is -2.40. The second kappa shape index (κ2) is 7.64. The summed E-state index contributed by atoms with van der Waals surface area (Å²) in [6.07, 6.45) is 12.7. The molecular weight excluding hydrogens is 232 g/mol. The van der Waals surface area contributed by atoms with Gasteiger partial charge in [-0.25, -0.2) is 0 Å². The van der Waals surface area contributed by atoms with Crippen molar-refractivity contribution in [1.29, 1.82) is 0 Å². The summed E-state index contributed by atoms with van der Waals surface area (Å²) in [5.41, 5.74) is 0.636. The Balaban J connectivity index is 1.52. The lowest BCUT2D eigenvalue weighted by atomic mass is 9.78. The van der Waals surface area contributed by atoms with Crippen molar-refractivity contribution in [2.45, 2.75) is 77.7 Å². The Hall–Kier alpha value is -0.0800. The van der Waals surface area contributed by atoms with Gasteiger partial charge in [0.2, 0.25) is 0 Å². The molecule has 1 saturated carbocycles. The minimum absolute atomic E-state index is 0.636. The number of nitrogens with one attached hydrogen (secondary N) is 1. The van der Waals surface area contributed by atoms with Gasteiger partial charge in [0.25, 0.3) is 0 Å². The predicted octanol–water partition coefficient (Wildman–Crippen LogP) is 3.81. The highest BCUT2D eigenvalue weighted by molar-refractivity contribution is 4.81. The Morgan fingerprint density at radius 3 is 2.42 bits per heavy atom. The van der Waals surface area contributed by atoms with Crippen LogP contribution in [0.2, 0.25) is 0 Å². The number of hydrogen-bond donors (Lipinski definition) is 1. The summed E-state index contributed by atoms with van der Waals surface area (Å²) in [5.74, 6) is 0. The molecule has 112 valence electrons. The molecule has 1 saturated heterocycles. The summed E-state index contributed by atoms with van der Waals surface area (Å²) in [6, 6.07) is 0.832. The van der Waals surface area contributed by atoms with Crippen LogP contribution in [0.4, 0.5) is 0 Å². The average Bonchev–Trinajstić information content (AvgIpc) is 2.47. The molecule has 19 heavy (non-hydrogen) atoms. The van der Waals surface area contributed by atoms with Crippen LogP contribution in [0.5, 0.6) is 0 Å². The largest absolute Gasteiger partial charge is 0.314 e. The van der Waals surface area contributed by atoms with Crippen molar-refractivity contribution in [2.24, 2.45) is 5.41 Å². The van der Waals surface area contributed by atoms with Gasteiger partial charge in [0.15, 0.2) is 0 Å². The Bertz CT molecular complexity index is 238. The zero-order valence-electron chi connectivity index (χ0n) is 13.2. The monoisotopic (exact) mass is 266 g/mol. The van der Waals surface area contributed by atoms with Crippen molar-refractivity contribution >= 4 is 0 Å². The molecule has 1 aliphatic carbocycles. The summed E-state index contributed by atoms with van der Waals surface area (Å²) in [6.45, 7) is 10.0. The third kappa shape index (κ3) is 5.07. The van der Waals surface area contributed by atoms with E-state index in [0.29, 0.717) is 5.41 Å². The van der Waals surface area contributed by atoms with E-state index in [2.05, 4.69) is 24.1 Å². The van der Waals surface area contributed by atoms with Crippen molar-refractivity contribution in [3.05, 3.63) is 0 Å². The summed E-state index contributed by atoms with van der Waals surface area (Å²) in [4.78, 5) is 2.68. The second-order valence-corrected chi connectivity index (χ2v) is 7.15. The molecule has 0 unspecified atom stereocenters. The zero-order chi connectivity index (χ0) is 13.6. The highest BCUT2D eigenvalue weighted by Gasteiger charge is 2.27. The Labute approximate surface area is 120 Å². The van der Waals surface area contributed by atoms with Crippen LogP contribution < -0.4 is 5.32 Å². The zero-order valence-corrected chi connectivity index (χ0v) is 13.2. The molecule has 0 bridgehead atoms. The van der Waals surface area contributed by atoms with Gasteiger partial charge in [-0.15, -0.1) is 0 Å². The lowest BCUT2D eigenvalue weighted by Gasteiger charge is -2.39. The molecule has 0 aromatic heterocycles. The summed E-state index contributed by atoms with van der Waals surface area (Å²) in [5, 5.41) is 3.76. The smallest absolute Gasteiger partial charge is 0.00670 e. The Morgan fingerprint density at radius 1 is 1.11 bits per heavy atom. The number of piperidine rings is 1. The number of nitrogens with zero attached hydrogens (tertiary/aromatic N) is 1. The molecule has 2 rings (SSSR count). The quantitative estimate of drug-likeness (QED) is 0.735. The van der Waals surface area contributed by atoms with E-state index in [1.807, 2.05) is 0 Å². The van der Waals surface area contributed by atoms with E-state index >= 15 is 0 Å². The molecule has 2 nitrogen and oxygen atoms in total. The number of likely N-dealkylation sites (tertiary alicyclic amines) is 1. The molecule has 2 heteroatoms. The molecule has 0 spiro atoms. The van der Waals surface area contributed by atoms with E-state index in [9.17, 15) is 0 Å². The molecule has 1 N–H and O–H groups in total. The summed E-state index contributed by atoms with van der Waals surface area (Å²) in [7, 11) is 0. The van der Waals surface area contributed by atoms with Crippen LogP contribution in [-0.4, -0.2) is 37.1 Å². The molecule has 2 aliphatic rings. The lowest BCUT2D eigenvalue weighted by molar-refractivity contribution is 0.113. The van der Waals surface area contributed by atoms with Gasteiger partial charge >= 0.3 is 0 Å². The standard InChI is InChI=1S/C17H34N2/c1-3-17(2)10-14-19(15-11-17)13-7-12-18-16-8-5-4-6-9-16/h16,18H,3-15H2,1-2H3. The molecule has 0 aromatic carbocycles. The number of hydrogen-bond acceptors (Lipinski definition) is 2. The fourth-order valence-corrected chi connectivity index (χ4v) is 3.59. The van der Waals surface area contributed by atoms with Gasteiger partial charge < -0.3 is 10.2 Å². The molecular formula is C17H34N2. The Kier molecular flexibility index (Phi) is 6.15. The van der Waals surface area contributed by atoms with Crippen molar-refractivity contribution in [2.75, 3.05) is 26.2 Å². The van der Waals surface area contributed by atoms with Crippen LogP contribution in [0.3, 0.4) is 0 Å². The van der Waals surface area contributed by atoms with Crippen LogP contribution in [0.25, 0.3) is 0 Å². The maximum Gasteiger partial charge on any atom is 0.00670 e.